The molecule has 0 aliphatic carbocycles. The predicted octanol–water partition coefficient (Wildman–Crippen LogP) is 5.75. The zero-order valence-corrected chi connectivity index (χ0v) is 14.4. The minimum Gasteiger partial charge on any atom is -0.306 e. The molecule has 1 N–H and O–H groups in total. The number of thiophene rings is 1. The van der Waals surface area contributed by atoms with Crippen LogP contribution in [0.3, 0.4) is 0 Å². The fourth-order valence-corrected chi connectivity index (χ4v) is 3.78. The molecule has 2 aromatic carbocycles. The third kappa shape index (κ3) is 3.37. The first-order valence-electron chi connectivity index (χ1n) is 7.24. The zero-order chi connectivity index (χ0) is 14.7. The van der Waals surface area contributed by atoms with E-state index < -0.39 is 0 Å². The van der Waals surface area contributed by atoms with Gasteiger partial charge in [-0.25, -0.2) is 0 Å². The van der Waals surface area contributed by atoms with Crippen LogP contribution < -0.4 is 5.32 Å². The molecule has 0 saturated carbocycles. The van der Waals surface area contributed by atoms with Crippen LogP contribution in [0.2, 0.25) is 0 Å². The Hall–Kier alpha value is -1.16. The van der Waals surface area contributed by atoms with E-state index in [1.165, 1.54) is 25.7 Å². The second-order valence-electron chi connectivity index (χ2n) is 5.18. The van der Waals surface area contributed by atoms with Crippen LogP contribution in [0.4, 0.5) is 0 Å². The van der Waals surface area contributed by atoms with Gasteiger partial charge >= 0.3 is 0 Å². The van der Waals surface area contributed by atoms with Gasteiger partial charge in [-0.15, -0.1) is 11.3 Å². The number of fused-ring (bicyclic) bond motifs is 1. The van der Waals surface area contributed by atoms with Gasteiger partial charge in [-0.05, 0) is 68.3 Å². The quantitative estimate of drug-likeness (QED) is 0.611. The average molecular weight is 360 g/mol. The highest BCUT2D eigenvalue weighted by Crippen LogP contribution is 2.30. The maximum atomic E-state index is 3.67. The van der Waals surface area contributed by atoms with Crippen molar-refractivity contribution >= 4 is 38.0 Å². The van der Waals surface area contributed by atoms with Crippen LogP contribution in [0.5, 0.6) is 0 Å². The molecule has 3 heteroatoms. The minimum absolute atomic E-state index is 0.261. The molecule has 0 saturated heterocycles. The number of nitrogens with one attached hydrogen (secondary N) is 1. The van der Waals surface area contributed by atoms with Crippen LogP contribution >= 0.6 is 27.3 Å². The maximum absolute atomic E-state index is 3.67. The molecule has 0 aliphatic rings. The molecule has 0 radical (unpaired) electrons. The zero-order valence-electron chi connectivity index (χ0n) is 12.0. The summed E-state index contributed by atoms with van der Waals surface area (Å²) in [7, 11) is 0. The first-order chi connectivity index (χ1) is 10.3. The van der Waals surface area contributed by atoms with E-state index in [4.69, 9.17) is 0 Å². The molecular weight excluding hydrogens is 342 g/mol. The number of benzene rings is 2. The van der Waals surface area contributed by atoms with E-state index in [0.29, 0.717) is 0 Å². The van der Waals surface area contributed by atoms with Gasteiger partial charge in [0.2, 0.25) is 0 Å². The molecule has 1 atom stereocenters. The van der Waals surface area contributed by atoms with Gasteiger partial charge in [-0.3, -0.25) is 0 Å². The first-order valence-corrected chi connectivity index (χ1v) is 8.91. The summed E-state index contributed by atoms with van der Waals surface area (Å²) in [6.07, 6.45) is 1.13. The molecule has 0 bridgehead atoms. The second kappa shape index (κ2) is 6.73. The molecule has 0 amide bonds. The number of hydrogen-bond acceptors (Lipinski definition) is 2. The largest absolute Gasteiger partial charge is 0.306 e. The Labute approximate surface area is 138 Å². The SMILES string of the molecule is CCCNC(c1csc(Br)c1)c1ccc2ccccc2c1. The Morgan fingerprint density at radius 2 is 1.86 bits per heavy atom. The van der Waals surface area contributed by atoms with Gasteiger partial charge in [0.05, 0.1) is 9.83 Å². The van der Waals surface area contributed by atoms with Gasteiger partial charge in [0.1, 0.15) is 0 Å². The van der Waals surface area contributed by atoms with E-state index in [2.05, 4.69) is 82.1 Å². The molecule has 3 rings (SSSR count). The van der Waals surface area contributed by atoms with Crippen LogP contribution in [-0.2, 0) is 0 Å². The highest BCUT2D eigenvalue weighted by atomic mass is 79.9. The lowest BCUT2D eigenvalue weighted by Crippen LogP contribution is -2.22. The van der Waals surface area contributed by atoms with E-state index in [1.807, 2.05) is 0 Å². The summed E-state index contributed by atoms with van der Waals surface area (Å²) < 4.78 is 1.18. The van der Waals surface area contributed by atoms with Gasteiger partial charge in [-0.1, -0.05) is 43.3 Å². The molecule has 21 heavy (non-hydrogen) atoms. The summed E-state index contributed by atoms with van der Waals surface area (Å²) >= 11 is 5.31. The summed E-state index contributed by atoms with van der Waals surface area (Å²) in [5.74, 6) is 0. The Bertz CT molecular complexity index is 735. The summed E-state index contributed by atoms with van der Waals surface area (Å²) in [4.78, 5) is 0. The maximum Gasteiger partial charge on any atom is 0.0701 e. The van der Waals surface area contributed by atoms with Crippen molar-refractivity contribution in [3.05, 3.63) is 68.8 Å². The van der Waals surface area contributed by atoms with Crippen LogP contribution in [0.1, 0.15) is 30.5 Å². The van der Waals surface area contributed by atoms with Crippen molar-refractivity contribution in [1.29, 1.82) is 0 Å². The van der Waals surface area contributed by atoms with E-state index >= 15 is 0 Å². The van der Waals surface area contributed by atoms with Crippen molar-refractivity contribution in [1.82, 2.24) is 5.32 Å². The van der Waals surface area contributed by atoms with Crippen molar-refractivity contribution in [2.24, 2.45) is 0 Å². The van der Waals surface area contributed by atoms with Crippen molar-refractivity contribution in [2.75, 3.05) is 6.54 Å². The minimum atomic E-state index is 0.261. The summed E-state index contributed by atoms with van der Waals surface area (Å²) in [5, 5.41) is 8.49. The van der Waals surface area contributed by atoms with Gasteiger partial charge in [0.15, 0.2) is 0 Å². The molecule has 1 unspecified atom stereocenters. The van der Waals surface area contributed by atoms with E-state index in [9.17, 15) is 0 Å². The normalized spacial score (nSPS) is 12.7. The molecule has 108 valence electrons. The molecule has 0 spiro atoms. The summed E-state index contributed by atoms with van der Waals surface area (Å²) in [6, 6.07) is 17.8. The Kier molecular flexibility index (Phi) is 4.73. The number of rotatable bonds is 5. The van der Waals surface area contributed by atoms with Gasteiger partial charge in [0, 0.05) is 0 Å². The third-order valence-corrected chi connectivity index (χ3v) is 5.15. The summed E-state index contributed by atoms with van der Waals surface area (Å²) in [6.45, 7) is 3.22. The lowest BCUT2D eigenvalue weighted by Gasteiger charge is -2.18. The van der Waals surface area contributed by atoms with Crippen molar-refractivity contribution < 1.29 is 0 Å². The van der Waals surface area contributed by atoms with Crippen LogP contribution in [0.25, 0.3) is 10.8 Å². The standard InChI is InChI=1S/C18H18BrNS/c1-2-9-20-18(16-11-17(19)21-12-16)15-8-7-13-5-3-4-6-14(13)10-15/h3-8,10-12,18,20H,2,9H2,1H3. The van der Waals surface area contributed by atoms with Crippen molar-refractivity contribution in [3.63, 3.8) is 0 Å². The van der Waals surface area contributed by atoms with E-state index in [1.54, 1.807) is 11.3 Å². The molecule has 0 aliphatic heterocycles. The summed E-state index contributed by atoms with van der Waals surface area (Å²) in [5.41, 5.74) is 2.66. The Morgan fingerprint density at radius 1 is 1.05 bits per heavy atom. The van der Waals surface area contributed by atoms with Gasteiger partial charge < -0.3 is 5.32 Å². The van der Waals surface area contributed by atoms with Crippen LogP contribution in [0, 0.1) is 0 Å². The smallest absolute Gasteiger partial charge is 0.0701 e. The van der Waals surface area contributed by atoms with Crippen LogP contribution in [0.15, 0.2) is 57.7 Å². The highest BCUT2D eigenvalue weighted by molar-refractivity contribution is 9.11. The molecule has 1 nitrogen and oxygen atoms in total. The topological polar surface area (TPSA) is 12.0 Å². The lowest BCUT2D eigenvalue weighted by atomic mass is 9.98. The van der Waals surface area contributed by atoms with Crippen molar-refractivity contribution in [3.8, 4) is 0 Å². The third-order valence-electron chi connectivity index (χ3n) is 3.63. The first kappa shape index (κ1) is 14.8. The predicted molar refractivity (Wildman–Crippen MR) is 96.1 cm³/mol. The van der Waals surface area contributed by atoms with Gasteiger partial charge in [0.25, 0.3) is 0 Å². The fraction of sp³-hybridized carbons (Fsp3) is 0.222. The van der Waals surface area contributed by atoms with E-state index in [-0.39, 0.29) is 6.04 Å². The van der Waals surface area contributed by atoms with Crippen molar-refractivity contribution in [2.45, 2.75) is 19.4 Å². The lowest BCUT2D eigenvalue weighted by molar-refractivity contribution is 0.600. The van der Waals surface area contributed by atoms with Crippen LogP contribution in [-0.4, -0.2) is 6.54 Å². The van der Waals surface area contributed by atoms with E-state index in [0.717, 1.165) is 13.0 Å². The molecule has 1 aromatic heterocycles. The fourth-order valence-electron chi connectivity index (χ4n) is 2.58. The second-order valence-corrected chi connectivity index (χ2v) is 7.47. The highest BCUT2D eigenvalue weighted by Gasteiger charge is 2.15. The molecule has 3 aromatic rings. The molecular formula is C18H18BrNS. The monoisotopic (exact) mass is 359 g/mol. The Morgan fingerprint density at radius 3 is 2.57 bits per heavy atom. The number of hydrogen-bond donors (Lipinski definition) is 1. The number of halogens is 1. The average Bonchev–Trinajstić information content (AvgIpc) is 2.94. The molecule has 1 heterocycles. The Balaban J connectivity index is 2.00. The molecule has 0 fully saturated rings. The van der Waals surface area contributed by atoms with Gasteiger partial charge in [-0.2, -0.15) is 0 Å².